The molecule has 0 saturated carbocycles. The standard InChI is InChI=1S/C11H15N5/c1-7-14-8-3-5-16-9(11(8)15-7)6-13-10(16)2-4-12/h6H,2-5,12H2,1H3,(H,14,15). The number of nitrogens with zero attached hydrogens (tertiary/aromatic N) is 3. The average molecular weight is 217 g/mol. The zero-order chi connectivity index (χ0) is 11.1. The number of hydrogen-bond acceptors (Lipinski definition) is 3. The van der Waals surface area contributed by atoms with E-state index in [4.69, 9.17) is 5.73 Å². The van der Waals surface area contributed by atoms with E-state index in [9.17, 15) is 0 Å². The predicted octanol–water partition coefficient (Wildman–Crippen LogP) is 0.639. The SMILES string of the molecule is Cc1nc2c([nH]1)CCn1c-2cnc1CCN. The molecule has 0 amide bonds. The summed E-state index contributed by atoms with van der Waals surface area (Å²) in [5.41, 5.74) is 8.98. The molecule has 16 heavy (non-hydrogen) atoms. The molecular formula is C11H15N5. The Hall–Kier alpha value is -1.62. The third-order valence-electron chi connectivity index (χ3n) is 3.03. The topological polar surface area (TPSA) is 72.5 Å². The van der Waals surface area contributed by atoms with Gasteiger partial charge in [-0.25, -0.2) is 9.97 Å². The van der Waals surface area contributed by atoms with Crippen molar-refractivity contribution in [3.05, 3.63) is 23.5 Å². The summed E-state index contributed by atoms with van der Waals surface area (Å²) in [5, 5.41) is 0. The first-order valence-corrected chi connectivity index (χ1v) is 5.60. The van der Waals surface area contributed by atoms with Crippen molar-refractivity contribution in [2.24, 2.45) is 5.73 Å². The van der Waals surface area contributed by atoms with Gasteiger partial charge in [0.15, 0.2) is 0 Å². The van der Waals surface area contributed by atoms with E-state index in [1.807, 2.05) is 13.1 Å². The second kappa shape index (κ2) is 3.45. The van der Waals surface area contributed by atoms with Crippen molar-refractivity contribution < 1.29 is 0 Å². The van der Waals surface area contributed by atoms with E-state index in [0.29, 0.717) is 6.54 Å². The van der Waals surface area contributed by atoms with Crippen LogP contribution in [0.2, 0.25) is 0 Å². The Morgan fingerprint density at radius 1 is 1.56 bits per heavy atom. The summed E-state index contributed by atoms with van der Waals surface area (Å²) in [6, 6.07) is 0. The predicted molar refractivity (Wildman–Crippen MR) is 61.0 cm³/mol. The lowest BCUT2D eigenvalue weighted by Gasteiger charge is -2.15. The zero-order valence-corrected chi connectivity index (χ0v) is 9.32. The molecule has 3 heterocycles. The van der Waals surface area contributed by atoms with Crippen LogP contribution in [0.1, 0.15) is 17.3 Å². The molecule has 0 aliphatic carbocycles. The Bertz CT molecular complexity index is 522. The Balaban J connectivity index is 2.11. The van der Waals surface area contributed by atoms with Crippen LogP contribution in [0.15, 0.2) is 6.20 Å². The molecule has 3 rings (SSSR count). The number of nitrogens with two attached hydrogens (primary N) is 1. The molecule has 1 aliphatic heterocycles. The summed E-state index contributed by atoms with van der Waals surface area (Å²) in [5.74, 6) is 2.05. The molecule has 0 aromatic carbocycles. The fourth-order valence-electron chi connectivity index (χ4n) is 2.34. The lowest BCUT2D eigenvalue weighted by molar-refractivity contribution is 0.633. The number of fused-ring (bicyclic) bond motifs is 3. The van der Waals surface area contributed by atoms with Gasteiger partial charge >= 0.3 is 0 Å². The van der Waals surface area contributed by atoms with Crippen LogP contribution in [-0.2, 0) is 19.4 Å². The monoisotopic (exact) mass is 217 g/mol. The highest BCUT2D eigenvalue weighted by atomic mass is 15.1. The summed E-state index contributed by atoms with van der Waals surface area (Å²) in [4.78, 5) is 12.2. The number of aryl methyl sites for hydroxylation is 2. The smallest absolute Gasteiger partial charge is 0.110 e. The van der Waals surface area contributed by atoms with Crippen molar-refractivity contribution >= 4 is 0 Å². The fraction of sp³-hybridized carbons (Fsp3) is 0.455. The van der Waals surface area contributed by atoms with Crippen LogP contribution in [0.4, 0.5) is 0 Å². The maximum absolute atomic E-state index is 5.58. The zero-order valence-electron chi connectivity index (χ0n) is 9.32. The molecule has 0 spiro atoms. The summed E-state index contributed by atoms with van der Waals surface area (Å²) in [7, 11) is 0. The molecule has 0 atom stereocenters. The molecule has 0 radical (unpaired) electrons. The molecule has 2 aromatic rings. The van der Waals surface area contributed by atoms with Gasteiger partial charge < -0.3 is 15.3 Å². The van der Waals surface area contributed by atoms with Crippen molar-refractivity contribution in [1.82, 2.24) is 19.5 Å². The Morgan fingerprint density at radius 2 is 2.44 bits per heavy atom. The Kier molecular flexibility index (Phi) is 2.07. The van der Waals surface area contributed by atoms with Crippen LogP contribution >= 0.6 is 0 Å². The normalized spacial score (nSPS) is 13.6. The van der Waals surface area contributed by atoms with Crippen molar-refractivity contribution in [2.75, 3.05) is 6.54 Å². The van der Waals surface area contributed by atoms with Gasteiger partial charge in [-0.3, -0.25) is 0 Å². The lowest BCUT2D eigenvalue weighted by Crippen LogP contribution is -2.15. The van der Waals surface area contributed by atoms with Crippen molar-refractivity contribution in [1.29, 1.82) is 0 Å². The number of nitrogens with one attached hydrogen (secondary N) is 1. The molecule has 0 bridgehead atoms. The number of rotatable bonds is 2. The minimum atomic E-state index is 0.642. The molecule has 84 valence electrons. The second-order valence-corrected chi connectivity index (χ2v) is 4.15. The summed E-state index contributed by atoms with van der Waals surface area (Å²) >= 11 is 0. The van der Waals surface area contributed by atoms with Crippen molar-refractivity contribution in [2.45, 2.75) is 26.3 Å². The first-order chi connectivity index (χ1) is 7.79. The van der Waals surface area contributed by atoms with E-state index < -0.39 is 0 Å². The Labute approximate surface area is 93.7 Å². The van der Waals surface area contributed by atoms with Crippen LogP contribution in [0.3, 0.4) is 0 Å². The fourth-order valence-corrected chi connectivity index (χ4v) is 2.34. The number of H-pyrrole nitrogens is 1. The van der Waals surface area contributed by atoms with Crippen molar-refractivity contribution in [3.8, 4) is 11.4 Å². The van der Waals surface area contributed by atoms with Crippen LogP contribution in [0, 0.1) is 6.92 Å². The first-order valence-electron chi connectivity index (χ1n) is 5.60. The molecule has 2 aromatic heterocycles. The van der Waals surface area contributed by atoms with E-state index in [2.05, 4.69) is 19.5 Å². The maximum atomic E-state index is 5.58. The van der Waals surface area contributed by atoms with Gasteiger partial charge in [0.05, 0.1) is 11.9 Å². The number of imidazole rings is 2. The van der Waals surface area contributed by atoms with E-state index >= 15 is 0 Å². The largest absolute Gasteiger partial charge is 0.345 e. The van der Waals surface area contributed by atoms with Crippen LogP contribution in [0.5, 0.6) is 0 Å². The number of hydrogen-bond donors (Lipinski definition) is 2. The van der Waals surface area contributed by atoms with Crippen molar-refractivity contribution in [3.63, 3.8) is 0 Å². The van der Waals surface area contributed by atoms with E-state index in [-0.39, 0.29) is 0 Å². The van der Waals surface area contributed by atoms with Gasteiger partial charge in [-0.1, -0.05) is 0 Å². The van der Waals surface area contributed by atoms with Crippen LogP contribution in [-0.4, -0.2) is 26.1 Å². The highest BCUT2D eigenvalue weighted by molar-refractivity contribution is 5.59. The number of aromatic amines is 1. The average Bonchev–Trinajstić information content (AvgIpc) is 2.81. The van der Waals surface area contributed by atoms with Gasteiger partial charge in [0.25, 0.3) is 0 Å². The molecule has 1 aliphatic rings. The summed E-state index contributed by atoms with van der Waals surface area (Å²) < 4.78 is 2.23. The van der Waals surface area contributed by atoms with Gasteiger partial charge in [0, 0.05) is 25.1 Å². The molecule has 0 fully saturated rings. The van der Waals surface area contributed by atoms with Crippen LogP contribution < -0.4 is 5.73 Å². The maximum Gasteiger partial charge on any atom is 0.110 e. The Morgan fingerprint density at radius 3 is 3.25 bits per heavy atom. The van der Waals surface area contributed by atoms with Gasteiger partial charge in [-0.05, 0) is 13.5 Å². The highest BCUT2D eigenvalue weighted by Gasteiger charge is 2.21. The van der Waals surface area contributed by atoms with Gasteiger partial charge in [0.2, 0.25) is 0 Å². The molecule has 5 heteroatoms. The van der Waals surface area contributed by atoms with E-state index in [0.717, 1.165) is 42.4 Å². The minimum absolute atomic E-state index is 0.642. The van der Waals surface area contributed by atoms with Gasteiger partial charge in [-0.15, -0.1) is 0 Å². The van der Waals surface area contributed by atoms with Gasteiger partial charge in [-0.2, -0.15) is 0 Å². The quantitative estimate of drug-likeness (QED) is 0.775. The lowest BCUT2D eigenvalue weighted by atomic mass is 10.1. The molecule has 0 unspecified atom stereocenters. The first kappa shape index (κ1) is 9.59. The van der Waals surface area contributed by atoms with E-state index in [1.165, 1.54) is 5.69 Å². The van der Waals surface area contributed by atoms with Crippen LogP contribution in [0.25, 0.3) is 11.4 Å². The third-order valence-corrected chi connectivity index (χ3v) is 3.03. The second-order valence-electron chi connectivity index (χ2n) is 4.15. The molecule has 5 nitrogen and oxygen atoms in total. The number of aromatic nitrogens is 4. The summed E-state index contributed by atoms with van der Waals surface area (Å²) in [6.07, 6.45) is 3.74. The third kappa shape index (κ3) is 1.28. The molecular weight excluding hydrogens is 202 g/mol. The van der Waals surface area contributed by atoms with E-state index in [1.54, 1.807) is 0 Å². The highest BCUT2D eigenvalue weighted by Crippen LogP contribution is 2.28. The van der Waals surface area contributed by atoms with Gasteiger partial charge in [0.1, 0.15) is 17.3 Å². The minimum Gasteiger partial charge on any atom is -0.345 e. The molecule has 0 saturated heterocycles. The summed E-state index contributed by atoms with van der Waals surface area (Å²) in [6.45, 7) is 3.60. The molecule has 3 N–H and O–H groups in total.